The number of nitrogens with zero attached hydrogens (tertiary/aromatic N) is 1. The lowest BCUT2D eigenvalue weighted by molar-refractivity contribution is -0.118. The smallest absolute Gasteiger partial charge is 0.228 e. The average Bonchev–Trinajstić information content (AvgIpc) is 3.42. The van der Waals surface area contributed by atoms with Gasteiger partial charge in [-0.1, -0.05) is 17.7 Å². The minimum Gasteiger partial charge on any atom is -0.326 e. The molecule has 1 amide bonds. The second-order valence-electron chi connectivity index (χ2n) is 8.45. The lowest BCUT2D eigenvalue weighted by Crippen LogP contribution is -2.22. The number of hydrogen-bond acceptors (Lipinski definition) is 2. The predicted molar refractivity (Wildman–Crippen MR) is 114 cm³/mol. The first-order valence-electron chi connectivity index (χ1n) is 10.1. The van der Waals surface area contributed by atoms with Crippen LogP contribution < -0.4 is 5.32 Å². The minimum absolute atomic E-state index is 0.0778. The number of pyridine rings is 1. The van der Waals surface area contributed by atoms with Crippen molar-refractivity contribution >= 4 is 34.1 Å². The first kappa shape index (κ1) is 18.6. The zero-order chi connectivity index (χ0) is 20.0. The summed E-state index contributed by atoms with van der Waals surface area (Å²) in [7, 11) is 0. The van der Waals surface area contributed by atoms with E-state index in [1.54, 1.807) is 24.3 Å². The molecule has 2 aliphatic carbocycles. The Bertz CT molecular complexity index is 1090. The normalized spacial score (nSPS) is 25.9. The van der Waals surface area contributed by atoms with Crippen molar-refractivity contribution in [3.05, 3.63) is 71.1 Å². The summed E-state index contributed by atoms with van der Waals surface area (Å²) in [5.74, 6) is 0.348. The van der Waals surface area contributed by atoms with E-state index in [4.69, 9.17) is 11.6 Å². The van der Waals surface area contributed by atoms with Gasteiger partial charge in [0.2, 0.25) is 5.91 Å². The molecule has 2 aliphatic rings. The molecule has 1 spiro atoms. The van der Waals surface area contributed by atoms with Gasteiger partial charge in [-0.15, -0.1) is 0 Å². The molecule has 3 aromatic rings. The third kappa shape index (κ3) is 3.51. The minimum atomic E-state index is -0.223. The third-order valence-electron chi connectivity index (χ3n) is 6.76. The molecule has 0 radical (unpaired) electrons. The summed E-state index contributed by atoms with van der Waals surface area (Å²) in [5, 5.41) is 4.55. The van der Waals surface area contributed by atoms with Gasteiger partial charge in [-0.05, 0) is 91.5 Å². The summed E-state index contributed by atoms with van der Waals surface area (Å²) in [6, 6.07) is 14.1. The van der Waals surface area contributed by atoms with Crippen molar-refractivity contribution in [2.45, 2.75) is 38.0 Å². The van der Waals surface area contributed by atoms with E-state index in [2.05, 4.69) is 10.3 Å². The number of halogens is 2. The summed E-state index contributed by atoms with van der Waals surface area (Å²) in [6.07, 6.45) is 6.89. The fraction of sp³-hybridized carbons (Fsp3) is 0.333. The Hall–Kier alpha value is -2.46. The first-order chi connectivity index (χ1) is 14.0. The lowest BCUT2D eigenvalue weighted by atomic mass is 9.75. The van der Waals surface area contributed by atoms with Crippen molar-refractivity contribution in [2.24, 2.45) is 11.3 Å². The molecule has 2 fully saturated rings. The number of anilines is 1. The number of amides is 1. The Morgan fingerprint density at radius 2 is 1.97 bits per heavy atom. The Labute approximate surface area is 174 Å². The molecule has 1 heterocycles. The fourth-order valence-corrected chi connectivity index (χ4v) is 5.26. The van der Waals surface area contributed by atoms with E-state index in [1.165, 1.54) is 11.6 Å². The zero-order valence-electron chi connectivity index (χ0n) is 16.0. The molecule has 29 heavy (non-hydrogen) atoms. The highest BCUT2D eigenvalue weighted by Crippen LogP contribution is 2.63. The van der Waals surface area contributed by atoms with Crippen LogP contribution >= 0.6 is 11.6 Å². The Balaban J connectivity index is 1.27. The SMILES string of the molecule is O=C(Nc1cccc(Cl)c1)[C@H]1CC12CCC(c1ccnc3ccc(F)cc13)CC2. The van der Waals surface area contributed by atoms with Crippen molar-refractivity contribution < 1.29 is 9.18 Å². The van der Waals surface area contributed by atoms with Crippen molar-refractivity contribution in [2.75, 3.05) is 5.32 Å². The summed E-state index contributed by atoms with van der Waals surface area (Å²) in [5.41, 5.74) is 2.91. The second kappa shape index (κ2) is 7.10. The number of rotatable bonds is 3. The van der Waals surface area contributed by atoms with Gasteiger partial charge >= 0.3 is 0 Å². The lowest BCUT2D eigenvalue weighted by Gasteiger charge is -2.30. The maximum Gasteiger partial charge on any atom is 0.228 e. The third-order valence-corrected chi connectivity index (χ3v) is 6.99. The summed E-state index contributed by atoms with van der Waals surface area (Å²) >= 11 is 6.01. The van der Waals surface area contributed by atoms with Crippen molar-refractivity contribution in [1.29, 1.82) is 0 Å². The molecule has 2 aromatic carbocycles. The van der Waals surface area contributed by atoms with Crippen LogP contribution in [0.4, 0.5) is 10.1 Å². The molecule has 3 nitrogen and oxygen atoms in total. The molecule has 1 atom stereocenters. The Kier molecular flexibility index (Phi) is 4.54. The molecule has 0 aliphatic heterocycles. The fourth-order valence-electron chi connectivity index (χ4n) is 5.07. The van der Waals surface area contributed by atoms with Gasteiger partial charge in [-0.2, -0.15) is 0 Å². The first-order valence-corrected chi connectivity index (χ1v) is 10.5. The van der Waals surface area contributed by atoms with Crippen LogP contribution in [0.5, 0.6) is 0 Å². The molecule has 0 bridgehead atoms. The molecule has 1 N–H and O–H groups in total. The molecule has 2 saturated carbocycles. The van der Waals surface area contributed by atoms with E-state index in [9.17, 15) is 9.18 Å². The summed E-state index contributed by atoms with van der Waals surface area (Å²) in [6.45, 7) is 0. The van der Waals surface area contributed by atoms with E-state index in [1.807, 2.05) is 24.4 Å². The highest BCUT2D eigenvalue weighted by Gasteiger charge is 2.58. The summed E-state index contributed by atoms with van der Waals surface area (Å²) in [4.78, 5) is 17.1. The number of hydrogen-bond donors (Lipinski definition) is 1. The van der Waals surface area contributed by atoms with Crippen LogP contribution in [0, 0.1) is 17.2 Å². The number of carbonyl (C=O) groups is 1. The van der Waals surface area contributed by atoms with Gasteiger partial charge in [0.1, 0.15) is 5.82 Å². The zero-order valence-corrected chi connectivity index (χ0v) is 16.8. The molecular formula is C24H22ClFN2O. The quantitative estimate of drug-likeness (QED) is 0.550. The molecule has 0 unspecified atom stereocenters. The van der Waals surface area contributed by atoms with Crippen LogP contribution in [-0.4, -0.2) is 10.9 Å². The van der Waals surface area contributed by atoms with Gasteiger partial charge < -0.3 is 5.32 Å². The van der Waals surface area contributed by atoms with Crippen molar-refractivity contribution in [3.8, 4) is 0 Å². The molecule has 0 saturated heterocycles. The van der Waals surface area contributed by atoms with Crippen LogP contribution in [-0.2, 0) is 4.79 Å². The van der Waals surface area contributed by atoms with Crippen LogP contribution in [0.3, 0.4) is 0 Å². The monoisotopic (exact) mass is 408 g/mol. The van der Waals surface area contributed by atoms with Crippen LogP contribution in [0.1, 0.15) is 43.6 Å². The highest BCUT2D eigenvalue weighted by molar-refractivity contribution is 6.30. The number of nitrogens with one attached hydrogen (secondary N) is 1. The van der Waals surface area contributed by atoms with Crippen LogP contribution in [0.25, 0.3) is 10.9 Å². The Morgan fingerprint density at radius 1 is 1.14 bits per heavy atom. The maximum atomic E-state index is 13.8. The maximum absolute atomic E-state index is 13.8. The second-order valence-corrected chi connectivity index (χ2v) is 8.89. The Morgan fingerprint density at radius 3 is 2.76 bits per heavy atom. The predicted octanol–water partition coefficient (Wildman–Crippen LogP) is 6.33. The standard InChI is InChI=1S/C24H22ClFN2O/c25-16-2-1-3-18(12-16)28-23(29)21-14-24(21)9-6-15(7-10-24)19-8-11-27-22-5-4-17(26)13-20(19)22/h1-5,8,11-13,15,21H,6-7,9-10,14H2,(H,28,29)/t15?,21-,24?/m1/s1. The van der Waals surface area contributed by atoms with Crippen molar-refractivity contribution in [3.63, 3.8) is 0 Å². The highest BCUT2D eigenvalue weighted by atomic mass is 35.5. The van der Waals surface area contributed by atoms with Gasteiger partial charge in [-0.25, -0.2) is 4.39 Å². The van der Waals surface area contributed by atoms with E-state index < -0.39 is 0 Å². The van der Waals surface area contributed by atoms with Gasteiger partial charge in [0.15, 0.2) is 0 Å². The average molecular weight is 409 g/mol. The van der Waals surface area contributed by atoms with E-state index in [-0.39, 0.29) is 23.1 Å². The number of benzene rings is 2. The number of aromatic nitrogens is 1. The molecule has 5 heteroatoms. The van der Waals surface area contributed by atoms with Gasteiger partial charge in [-0.3, -0.25) is 9.78 Å². The van der Waals surface area contributed by atoms with Crippen molar-refractivity contribution in [1.82, 2.24) is 4.98 Å². The van der Waals surface area contributed by atoms with Gasteiger partial charge in [0, 0.05) is 28.2 Å². The van der Waals surface area contributed by atoms with Crippen LogP contribution in [0.15, 0.2) is 54.7 Å². The molecular weight excluding hydrogens is 387 g/mol. The molecule has 148 valence electrons. The van der Waals surface area contributed by atoms with E-state index >= 15 is 0 Å². The number of fused-ring (bicyclic) bond motifs is 1. The number of carbonyl (C=O) groups excluding carboxylic acids is 1. The van der Waals surface area contributed by atoms with E-state index in [0.717, 1.165) is 48.7 Å². The summed E-state index contributed by atoms with van der Waals surface area (Å²) < 4.78 is 13.8. The van der Waals surface area contributed by atoms with Crippen LogP contribution in [0.2, 0.25) is 5.02 Å². The van der Waals surface area contributed by atoms with Gasteiger partial charge in [0.05, 0.1) is 5.52 Å². The molecule has 1 aromatic heterocycles. The molecule has 5 rings (SSSR count). The topological polar surface area (TPSA) is 42.0 Å². The van der Waals surface area contributed by atoms with Gasteiger partial charge in [0.25, 0.3) is 0 Å². The van der Waals surface area contributed by atoms with E-state index in [0.29, 0.717) is 10.9 Å². The largest absolute Gasteiger partial charge is 0.326 e.